The summed E-state index contributed by atoms with van der Waals surface area (Å²) in [5, 5.41) is 8.16. The third-order valence-electron chi connectivity index (χ3n) is 5.75. The fourth-order valence-corrected chi connectivity index (χ4v) is 5.55. The van der Waals surface area contributed by atoms with E-state index in [1.54, 1.807) is 0 Å². The Morgan fingerprint density at radius 1 is 1.17 bits per heavy atom. The van der Waals surface area contributed by atoms with Gasteiger partial charge in [0.2, 0.25) is 0 Å². The maximum absolute atomic E-state index is 6.81. The second-order valence-corrected chi connectivity index (χ2v) is 8.65. The van der Waals surface area contributed by atoms with Crippen molar-refractivity contribution in [3.05, 3.63) is 56.2 Å². The molecule has 4 rings (SSSR count). The summed E-state index contributed by atoms with van der Waals surface area (Å²) in [4.78, 5) is 0. The molecule has 0 saturated carbocycles. The van der Waals surface area contributed by atoms with Crippen LogP contribution in [0.25, 0.3) is 0 Å². The summed E-state index contributed by atoms with van der Waals surface area (Å²) in [6, 6.07) is 4.88. The van der Waals surface area contributed by atoms with Crippen LogP contribution in [0, 0.1) is 12.8 Å². The summed E-state index contributed by atoms with van der Waals surface area (Å²) < 4.78 is 1.14. The van der Waals surface area contributed by atoms with Crippen LogP contribution in [0.4, 0.5) is 0 Å². The lowest BCUT2D eigenvalue weighted by Crippen LogP contribution is -2.41. The lowest BCUT2D eigenvalue weighted by molar-refractivity contribution is 0.288. The van der Waals surface area contributed by atoms with Crippen molar-refractivity contribution >= 4 is 27.5 Å². The van der Waals surface area contributed by atoms with E-state index >= 15 is 0 Å². The number of piperidine rings is 1. The highest BCUT2D eigenvalue weighted by Crippen LogP contribution is 2.45. The Morgan fingerprint density at radius 3 is 2.75 bits per heavy atom. The normalized spacial score (nSPS) is 27.3. The zero-order valence-electron chi connectivity index (χ0n) is 14.0. The zero-order chi connectivity index (χ0) is 16.7. The van der Waals surface area contributed by atoms with Gasteiger partial charge in [-0.3, -0.25) is 0 Å². The molecule has 2 N–H and O–H groups in total. The molecule has 1 fully saturated rings. The zero-order valence-corrected chi connectivity index (χ0v) is 16.4. The summed E-state index contributed by atoms with van der Waals surface area (Å²) in [5.74, 6) is 1.13. The van der Waals surface area contributed by atoms with Crippen LogP contribution in [0.15, 0.2) is 34.5 Å². The highest BCUT2D eigenvalue weighted by atomic mass is 79.9. The molecule has 0 spiro atoms. The predicted molar refractivity (Wildman–Crippen MR) is 105 cm³/mol. The standard InChI is InChI=1S/C20H24BrClN2/c1-12-8-14-2-3-15-10-16(21)11-24-20(15)19(18(14)17(22)9-12)13-4-6-23-7-5-13/h8-11,13,19-20,23-24H,2-7H2,1H3. The topological polar surface area (TPSA) is 24.1 Å². The van der Waals surface area contributed by atoms with Crippen molar-refractivity contribution in [2.45, 2.75) is 44.6 Å². The van der Waals surface area contributed by atoms with Gasteiger partial charge in [-0.05, 0) is 102 Å². The minimum atomic E-state index is 0.371. The van der Waals surface area contributed by atoms with E-state index in [0.717, 1.165) is 35.4 Å². The molecular weight excluding hydrogens is 384 g/mol. The van der Waals surface area contributed by atoms with Gasteiger partial charge in [0, 0.05) is 21.6 Å². The predicted octanol–water partition coefficient (Wildman–Crippen LogP) is 4.81. The van der Waals surface area contributed by atoms with Crippen molar-refractivity contribution in [2.24, 2.45) is 5.92 Å². The van der Waals surface area contributed by atoms with Crippen molar-refractivity contribution in [1.29, 1.82) is 0 Å². The Hall–Kier alpha value is -0.770. The van der Waals surface area contributed by atoms with E-state index in [0.29, 0.717) is 17.9 Å². The Kier molecular flexibility index (Phi) is 4.77. The Bertz CT molecular complexity index is 704. The number of aryl methyl sites for hydroxylation is 2. The number of nitrogens with one attached hydrogen (secondary N) is 2. The molecule has 0 radical (unpaired) electrons. The van der Waals surface area contributed by atoms with Gasteiger partial charge in [0.05, 0.1) is 6.04 Å². The van der Waals surface area contributed by atoms with E-state index in [9.17, 15) is 0 Å². The average molecular weight is 408 g/mol. The molecule has 3 aliphatic rings. The summed E-state index contributed by atoms with van der Waals surface area (Å²) in [5.41, 5.74) is 5.64. The first-order valence-electron chi connectivity index (χ1n) is 8.95. The maximum atomic E-state index is 6.81. The third-order valence-corrected chi connectivity index (χ3v) is 6.52. The van der Waals surface area contributed by atoms with Crippen molar-refractivity contribution in [2.75, 3.05) is 13.1 Å². The minimum Gasteiger partial charge on any atom is -0.383 e. The van der Waals surface area contributed by atoms with E-state index in [2.05, 4.69) is 57.9 Å². The molecule has 0 amide bonds. The van der Waals surface area contributed by atoms with Crippen LogP contribution >= 0.6 is 27.5 Å². The first-order chi connectivity index (χ1) is 11.6. The molecule has 128 valence electrons. The number of hydrogen-bond acceptors (Lipinski definition) is 2. The van der Waals surface area contributed by atoms with Crippen LogP contribution in [-0.4, -0.2) is 19.1 Å². The molecule has 0 bridgehead atoms. The van der Waals surface area contributed by atoms with E-state index in [1.165, 1.54) is 35.1 Å². The number of benzene rings is 1. The molecule has 0 aromatic heterocycles. The maximum Gasteiger partial charge on any atom is 0.0544 e. The summed E-state index contributed by atoms with van der Waals surface area (Å²) in [6.45, 7) is 4.38. The van der Waals surface area contributed by atoms with Crippen LogP contribution < -0.4 is 10.6 Å². The molecule has 4 heteroatoms. The molecular formula is C20H24BrClN2. The number of hydrogen-bond donors (Lipinski definition) is 2. The van der Waals surface area contributed by atoms with E-state index in [-0.39, 0.29) is 0 Å². The molecule has 2 heterocycles. The molecule has 2 atom stereocenters. The van der Waals surface area contributed by atoms with Gasteiger partial charge < -0.3 is 10.6 Å². The van der Waals surface area contributed by atoms with Gasteiger partial charge in [-0.15, -0.1) is 0 Å². The average Bonchev–Trinajstić information content (AvgIpc) is 2.72. The number of dihydropyridines is 1. The highest BCUT2D eigenvalue weighted by Gasteiger charge is 2.38. The van der Waals surface area contributed by atoms with E-state index < -0.39 is 0 Å². The molecule has 1 aliphatic carbocycles. The number of fused-ring (bicyclic) bond motifs is 2. The van der Waals surface area contributed by atoms with E-state index in [4.69, 9.17) is 11.6 Å². The van der Waals surface area contributed by atoms with Gasteiger partial charge in [0.1, 0.15) is 0 Å². The Labute approximate surface area is 157 Å². The van der Waals surface area contributed by atoms with Crippen molar-refractivity contribution in [1.82, 2.24) is 10.6 Å². The summed E-state index contributed by atoms with van der Waals surface area (Å²) in [7, 11) is 0. The fraction of sp³-hybridized carbons (Fsp3) is 0.500. The highest BCUT2D eigenvalue weighted by molar-refractivity contribution is 9.11. The van der Waals surface area contributed by atoms with Gasteiger partial charge in [-0.25, -0.2) is 0 Å². The smallest absolute Gasteiger partial charge is 0.0544 e. The van der Waals surface area contributed by atoms with E-state index in [1.807, 2.05) is 0 Å². The molecule has 1 aromatic rings. The monoisotopic (exact) mass is 406 g/mol. The first-order valence-corrected chi connectivity index (χ1v) is 10.1. The van der Waals surface area contributed by atoms with Crippen LogP contribution in [0.1, 0.15) is 41.9 Å². The largest absolute Gasteiger partial charge is 0.383 e. The molecule has 2 unspecified atom stereocenters. The second-order valence-electron chi connectivity index (χ2n) is 7.33. The molecule has 1 saturated heterocycles. The second kappa shape index (κ2) is 6.86. The third kappa shape index (κ3) is 3.07. The Balaban J connectivity index is 1.83. The molecule has 2 aliphatic heterocycles. The van der Waals surface area contributed by atoms with Crippen LogP contribution in [-0.2, 0) is 6.42 Å². The number of rotatable bonds is 1. The lowest BCUT2D eigenvalue weighted by Gasteiger charge is -2.38. The Morgan fingerprint density at radius 2 is 1.96 bits per heavy atom. The quantitative estimate of drug-likeness (QED) is 0.698. The summed E-state index contributed by atoms with van der Waals surface area (Å²) in [6.07, 6.45) is 9.07. The molecule has 2 nitrogen and oxygen atoms in total. The summed E-state index contributed by atoms with van der Waals surface area (Å²) >= 11 is 10.4. The van der Waals surface area contributed by atoms with Crippen LogP contribution in [0.5, 0.6) is 0 Å². The number of halogens is 2. The van der Waals surface area contributed by atoms with Crippen molar-refractivity contribution < 1.29 is 0 Å². The SMILES string of the molecule is Cc1cc(Cl)c2c(c1)CCC1=CC(Br)=CNC1C2C1CCNCC1. The molecule has 24 heavy (non-hydrogen) atoms. The van der Waals surface area contributed by atoms with Crippen LogP contribution in [0.3, 0.4) is 0 Å². The fourth-order valence-electron chi connectivity index (χ4n) is 4.71. The first kappa shape index (κ1) is 16.7. The van der Waals surface area contributed by atoms with Gasteiger partial charge >= 0.3 is 0 Å². The minimum absolute atomic E-state index is 0.371. The lowest BCUT2D eigenvalue weighted by atomic mass is 9.73. The molecule has 1 aromatic carbocycles. The van der Waals surface area contributed by atoms with Gasteiger partial charge in [0.15, 0.2) is 0 Å². The van der Waals surface area contributed by atoms with Crippen LogP contribution in [0.2, 0.25) is 5.02 Å². The van der Waals surface area contributed by atoms with Gasteiger partial charge in [-0.1, -0.05) is 17.7 Å². The van der Waals surface area contributed by atoms with Gasteiger partial charge in [0.25, 0.3) is 0 Å². The van der Waals surface area contributed by atoms with Crippen molar-refractivity contribution in [3.8, 4) is 0 Å². The van der Waals surface area contributed by atoms with Gasteiger partial charge in [-0.2, -0.15) is 0 Å². The number of allylic oxidation sites excluding steroid dienone is 2. The van der Waals surface area contributed by atoms with Crippen molar-refractivity contribution in [3.63, 3.8) is 0 Å².